The van der Waals surface area contributed by atoms with E-state index in [0.717, 1.165) is 16.8 Å². The zero-order valence-corrected chi connectivity index (χ0v) is 16.6. The van der Waals surface area contributed by atoms with Gasteiger partial charge in [0, 0.05) is 6.54 Å². The summed E-state index contributed by atoms with van der Waals surface area (Å²) >= 11 is 0. The van der Waals surface area contributed by atoms with Crippen molar-refractivity contribution in [3.8, 4) is 5.75 Å². The zero-order chi connectivity index (χ0) is 21.5. The number of amides is 1. The number of carbonyl (C=O) groups is 2. The minimum absolute atomic E-state index is 0.216. The number of nitrogens with one attached hydrogen (secondary N) is 1. The van der Waals surface area contributed by atoms with E-state index < -0.39 is 18.5 Å². The smallest absolute Gasteiger partial charge is 0.338 e. The first-order chi connectivity index (χ1) is 14.4. The maximum atomic E-state index is 12.9. The number of carbonyl (C=O) groups excluding carboxylic acids is 2. The van der Waals surface area contributed by atoms with E-state index >= 15 is 0 Å². The number of halogens is 1. The van der Waals surface area contributed by atoms with Crippen molar-refractivity contribution in [3.63, 3.8) is 0 Å². The van der Waals surface area contributed by atoms with Crippen LogP contribution in [0, 0.1) is 19.7 Å². The van der Waals surface area contributed by atoms with Gasteiger partial charge in [0.1, 0.15) is 23.9 Å². The summed E-state index contributed by atoms with van der Waals surface area (Å²) in [5.41, 5.74) is 2.69. The molecule has 0 unspecified atom stereocenters. The molecule has 0 aliphatic carbocycles. The fourth-order valence-electron chi connectivity index (χ4n) is 2.62. The molecule has 0 aliphatic heterocycles. The van der Waals surface area contributed by atoms with Crippen molar-refractivity contribution < 1.29 is 28.0 Å². The maximum absolute atomic E-state index is 12.9. The molecule has 2 aromatic carbocycles. The molecule has 1 heterocycles. The molecule has 0 spiro atoms. The highest BCUT2D eigenvalue weighted by Crippen LogP contribution is 2.18. The molecular weight excluding hydrogens is 391 g/mol. The van der Waals surface area contributed by atoms with Gasteiger partial charge < -0.3 is 19.3 Å². The van der Waals surface area contributed by atoms with Crippen LogP contribution >= 0.6 is 0 Å². The van der Waals surface area contributed by atoms with Crippen LogP contribution < -0.4 is 10.1 Å². The average Bonchev–Trinajstić information content (AvgIpc) is 3.07. The second kappa shape index (κ2) is 9.69. The number of nitrogens with zero attached hydrogens (tertiary/aromatic N) is 1. The summed E-state index contributed by atoms with van der Waals surface area (Å²) in [6, 6.07) is 12.1. The van der Waals surface area contributed by atoms with Crippen LogP contribution in [0.25, 0.3) is 0 Å². The van der Waals surface area contributed by atoms with E-state index in [9.17, 15) is 14.0 Å². The lowest BCUT2D eigenvalue weighted by Gasteiger charge is -2.08. The summed E-state index contributed by atoms with van der Waals surface area (Å²) in [5, 5.41) is 6.47. The highest BCUT2D eigenvalue weighted by Gasteiger charge is 2.12. The van der Waals surface area contributed by atoms with Gasteiger partial charge in [-0.3, -0.25) is 4.79 Å². The molecule has 30 heavy (non-hydrogen) atoms. The molecular formula is C22H21FN2O5. The minimum Gasteiger partial charge on any atom is -0.489 e. The standard InChI is InChI=1S/C22H21FN2O5/c1-14-20(15(2)30-25-14)12-28-19-9-5-17(6-10-19)22(27)29-13-21(26)24-11-16-3-7-18(23)8-4-16/h3-10H,11-13H2,1-2H3,(H,24,26). The Morgan fingerprint density at radius 2 is 1.77 bits per heavy atom. The Balaban J connectivity index is 1.43. The van der Waals surface area contributed by atoms with Crippen molar-refractivity contribution >= 4 is 11.9 Å². The molecule has 0 saturated carbocycles. The summed E-state index contributed by atoms with van der Waals surface area (Å²) in [5.74, 6) is -0.149. The Morgan fingerprint density at radius 1 is 1.07 bits per heavy atom. The summed E-state index contributed by atoms with van der Waals surface area (Å²) in [7, 11) is 0. The lowest BCUT2D eigenvalue weighted by molar-refractivity contribution is -0.124. The second-order valence-corrected chi connectivity index (χ2v) is 6.60. The number of esters is 1. The number of hydrogen-bond donors (Lipinski definition) is 1. The molecule has 3 aromatic rings. The van der Waals surface area contributed by atoms with E-state index in [1.165, 1.54) is 12.1 Å². The van der Waals surface area contributed by atoms with Crippen LogP contribution in [0.15, 0.2) is 53.1 Å². The summed E-state index contributed by atoms with van der Waals surface area (Å²) in [6.45, 7) is 3.76. The van der Waals surface area contributed by atoms with Crippen molar-refractivity contribution in [3.05, 3.63) is 82.5 Å². The summed E-state index contributed by atoms with van der Waals surface area (Å²) in [6.07, 6.45) is 0. The SMILES string of the molecule is Cc1noc(C)c1COc1ccc(C(=O)OCC(=O)NCc2ccc(F)cc2)cc1. The van der Waals surface area contributed by atoms with Gasteiger partial charge in [-0.2, -0.15) is 0 Å². The van der Waals surface area contributed by atoms with E-state index in [1.807, 2.05) is 13.8 Å². The van der Waals surface area contributed by atoms with Crippen LogP contribution in [-0.4, -0.2) is 23.6 Å². The number of rotatable bonds is 8. The molecule has 0 aliphatic rings. The summed E-state index contributed by atoms with van der Waals surface area (Å²) in [4.78, 5) is 23.9. The third-order valence-corrected chi connectivity index (χ3v) is 4.39. The van der Waals surface area contributed by atoms with Crippen LogP contribution in [-0.2, 0) is 22.7 Å². The van der Waals surface area contributed by atoms with Crippen molar-refractivity contribution in [2.75, 3.05) is 6.61 Å². The normalized spacial score (nSPS) is 10.5. The predicted molar refractivity (Wildman–Crippen MR) is 105 cm³/mol. The Kier molecular flexibility index (Phi) is 6.79. The van der Waals surface area contributed by atoms with E-state index in [0.29, 0.717) is 23.7 Å². The first-order valence-electron chi connectivity index (χ1n) is 9.25. The second-order valence-electron chi connectivity index (χ2n) is 6.60. The van der Waals surface area contributed by atoms with E-state index in [-0.39, 0.29) is 12.4 Å². The Hall–Kier alpha value is -3.68. The highest BCUT2D eigenvalue weighted by molar-refractivity contribution is 5.91. The number of aryl methyl sites for hydroxylation is 2. The molecule has 1 N–H and O–H groups in total. The van der Waals surface area contributed by atoms with E-state index in [2.05, 4.69) is 10.5 Å². The van der Waals surface area contributed by atoms with Crippen LogP contribution in [0.4, 0.5) is 4.39 Å². The van der Waals surface area contributed by atoms with Gasteiger partial charge in [-0.25, -0.2) is 9.18 Å². The quantitative estimate of drug-likeness (QED) is 0.570. The topological polar surface area (TPSA) is 90.7 Å². The minimum atomic E-state index is -0.621. The van der Waals surface area contributed by atoms with Gasteiger partial charge in [0.05, 0.1) is 16.8 Å². The molecule has 8 heteroatoms. The zero-order valence-electron chi connectivity index (χ0n) is 16.6. The number of aromatic nitrogens is 1. The molecule has 0 radical (unpaired) electrons. The number of hydrogen-bond acceptors (Lipinski definition) is 6. The Labute approximate surface area is 172 Å². The molecule has 156 valence electrons. The van der Waals surface area contributed by atoms with Gasteiger partial charge >= 0.3 is 5.97 Å². The first-order valence-corrected chi connectivity index (χ1v) is 9.25. The van der Waals surface area contributed by atoms with Gasteiger partial charge in [-0.15, -0.1) is 0 Å². The third kappa shape index (κ3) is 5.66. The van der Waals surface area contributed by atoms with Gasteiger partial charge in [0.15, 0.2) is 6.61 Å². The van der Waals surface area contributed by atoms with Gasteiger partial charge in [0.2, 0.25) is 0 Å². The van der Waals surface area contributed by atoms with Crippen molar-refractivity contribution in [1.29, 1.82) is 0 Å². The summed E-state index contributed by atoms with van der Waals surface area (Å²) < 4.78 is 28.7. The van der Waals surface area contributed by atoms with E-state index in [4.69, 9.17) is 14.0 Å². The predicted octanol–water partition coefficient (Wildman–Crippen LogP) is 3.48. The van der Waals surface area contributed by atoms with Crippen LogP contribution in [0.5, 0.6) is 5.75 Å². The number of ether oxygens (including phenoxy) is 2. The monoisotopic (exact) mass is 412 g/mol. The largest absolute Gasteiger partial charge is 0.489 e. The average molecular weight is 412 g/mol. The molecule has 0 saturated heterocycles. The van der Waals surface area contributed by atoms with Crippen LogP contribution in [0.1, 0.15) is 32.9 Å². The fraction of sp³-hybridized carbons (Fsp3) is 0.227. The maximum Gasteiger partial charge on any atom is 0.338 e. The van der Waals surface area contributed by atoms with E-state index in [1.54, 1.807) is 36.4 Å². The van der Waals surface area contributed by atoms with Gasteiger partial charge in [-0.1, -0.05) is 17.3 Å². The molecule has 1 aromatic heterocycles. The van der Waals surface area contributed by atoms with Crippen molar-refractivity contribution in [2.45, 2.75) is 27.0 Å². The lowest BCUT2D eigenvalue weighted by atomic mass is 10.2. The van der Waals surface area contributed by atoms with Gasteiger partial charge in [-0.05, 0) is 55.8 Å². The third-order valence-electron chi connectivity index (χ3n) is 4.39. The van der Waals surface area contributed by atoms with Gasteiger partial charge in [0.25, 0.3) is 5.91 Å². The van der Waals surface area contributed by atoms with Crippen LogP contribution in [0.3, 0.4) is 0 Å². The van der Waals surface area contributed by atoms with Crippen LogP contribution in [0.2, 0.25) is 0 Å². The lowest BCUT2D eigenvalue weighted by Crippen LogP contribution is -2.28. The molecule has 0 atom stereocenters. The fourth-order valence-corrected chi connectivity index (χ4v) is 2.62. The first kappa shape index (κ1) is 21.0. The molecule has 1 amide bonds. The van der Waals surface area contributed by atoms with Crippen molar-refractivity contribution in [2.24, 2.45) is 0 Å². The molecule has 0 bridgehead atoms. The molecule has 3 rings (SSSR count). The Morgan fingerprint density at radius 3 is 2.40 bits per heavy atom. The molecule has 7 nitrogen and oxygen atoms in total. The van der Waals surface area contributed by atoms with Crippen molar-refractivity contribution in [1.82, 2.24) is 10.5 Å². The molecule has 0 fully saturated rings. The Bertz CT molecular complexity index is 994. The number of benzene rings is 2. The highest BCUT2D eigenvalue weighted by atomic mass is 19.1.